The number of carbonyl (C=O) groups is 1. The number of hydrogen-bond donors (Lipinski definition) is 1. The Morgan fingerprint density at radius 3 is 2.71 bits per heavy atom. The highest BCUT2D eigenvalue weighted by atomic mass is 19.1. The third-order valence-corrected chi connectivity index (χ3v) is 5.62. The van der Waals surface area contributed by atoms with E-state index in [1.165, 1.54) is 12.1 Å². The van der Waals surface area contributed by atoms with Crippen LogP contribution in [-0.4, -0.2) is 27.6 Å². The Kier molecular flexibility index (Phi) is 5.08. The van der Waals surface area contributed by atoms with Crippen LogP contribution in [0.4, 0.5) is 14.9 Å². The predicted octanol–water partition coefficient (Wildman–Crippen LogP) is 5.79. The zero-order chi connectivity index (χ0) is 21.2. The van der Waals surface area contributed by atoms with Crippen molar-refractivity contribution < 1.29 is 13.7 Å². The molecule has 1 saturated heterocycles. The summed E-state index contributed by atoms with van der Waals surface area (Å²) >= 11 is 0. The summed E-state index contributed by atoms with van der Waals surface area (Å²) in [6, 6.07) is 19.2. The van der Waals surface area contributed by atoms with Crippen molar-refractivity contribution in [2.75, 3.05) is 11.9 Å². The molecule has 31 heavy (non-hydrogen) atoms. The first kappa shape index (κ1) is 19.2. The van der Waals surface area contributed by atoms with Crippen LogP contribution in [0.25, 0.3) is 22.2 Å². The lowest BCUT2D eigenvalue weighted by Gasteiger charge is -2.33. The Morgan fingerprint density at radius 2 is 1.84 bits per heavy atom. The number of nitrogens with zero attached hydrogens (tertiary/aromatic N) is 3. The summed E-state index contributed by atoms with van der Waals surface area (Å²) in [4.78, 5) is 19.5. The minimum atomic E-state index is -0.323. The molecule has 7 heteroatoms. The average Bonchev–Trinajstić information content (AvgIpc) is 3.30. The molecule has 1 unspecified atom stereocenters. The van der Waals surface area contributed by atoms with Gasteiger partial charge >= 0.3 is 6.03 Å². The van der Waals surface area contributed by atoms with Gasteiger partial charge in [-0.1, -0.05) is 41.6 Å². The van der Waals surface area contributed by atoms with E-state index < -0.39 is 0 Å². The van der Waals surface area contributed by atoms with E-state index in [1.807, 2.05) is 42.5 Å². The van der Waals surface area contributed by atoms with Gasteiger partial charge in [0.15, 0.2) is 0 Å². The van der Waals surface area contributed by atoms with Crippen molar-refractivity contribution >= 4 is 22.5 Å². The molecule has 0 bridgehead atoms. The van der Waals surface area contributed by atoms with Gasteiger partial charge in [0.05, 0.1) is 5.69 Å². The zero-order valence-electron chi connectivity index (χ0n) is 16.8. The standard InChI is InChI=1S/C24H21FN4O2/c25-18-13-11-17(12-14-18)22-27-23(31-28-22)21-10-3-4-15-29(21)24(30)26-20-9-5-7-16-6-1-2-8-19(16)20/h1-2,5-9,11-14,21H,3-4,10,15H2,(H,26,30). The van der Waals surface area contributed by atoms with Crippen molar-refractivity contribution in [1.29, 1.82) is 0 Å². The van der Waals surface area contributed by atoms with Crippen molar-refractivity contribution in [3.63, 3.8) is 0 Å². The lowest BCUT2D eigenvalue weighted by Crippen LogP contribution is -2.41. The number of amides is 2. The molecule has 1 aliphatic rings. The number of halogens is 1. The van der Waals surface area contributed by atoms with Crippen LogP contribution in [0.15, 0.2) is 71.3 Å². The monoisotopic (exact) mass is 416 g/mol. The van der Waals surface area contributed by atoms with Gasteiger partial charge in [-0.3, -0.25) is 0 Å². The van der Waals surface area contributed by atoms with Gasteiger partial charge in [0.25, 0.3) is 0 Å². The van der Waals surface area contributed by atoms with Crippen LogP contribution in [0.2, 0.25) is 0 Å². The van der Waals surface area contributed by atoms with E-state index >= 15 is 0 Å². The summed E-state index contributed by atoms with van der Waals surface area (Å²) in [6.07, 6.45) is 2.63. The Bertz CT molecular complexity index is 1220. The number of nitrogens with one attached hydrogen (secondary N) is 1. The number of carbonyl (C=O) groups excluding carboxylic acids is 1. The van der Waals surface area contributed by atoms with Gasteiger partial charge in [0.1, 0.15) is 11.9 Å². The number of likely N-dealkylation sites (tertiary alicyclic amines) is 1. The second kappa shape index (κ2) is 8.18. The van der Waals surface area contributed by atoms with E-state index in [1.54, 1.807) is 17.0 Å². The fourth-order valence-electron chi connectivity index (χ4n) is 4.04. The van der Waals surface area contributed by atoms with Crippen molar-refractivity contribution in [3.8, 4) is 11.4 Å². The molecule has 0 radical (unpaired) electrons. The van der Waals surface area contributed by atoms with Gasteiger partial charge in [-0.05, 0) is 55.0 Å². The van der Waals surface area contributed by atoms with Crippen LogP contribution < -0.4 is 5.32 Å². The molecule has 1 aliphatic heterocycles. The number of urea groups is 1. The molecule has 1 fully saturated rings. The first-order valence-corrected chi connectivity index (χ1v) is 10.3. The first-order chi connectivity index (χ1) is 15.2. The molecule has 2 heterocycles. The molecule has 2 amide bonds. The van der Waals surface area contributed by atoms with Crippen LogP contribution >= 0.6 is 0 Å². The van der Waals surface area contributed by atoms with Crippen LogP contribution in [0.5, 0.6) is 0 Å². The van der Waals surface area contributed by atoms with E-state index in [0.29, 0.717) is 23.8 Å². The van der Waals surface area contributed by atoms with Gasteiger partial charge in [-0.2, -0.15) is 4.98 Å². The average molecular weight is 416 g/mol. The minimum Gasteiger partial charge on any atom is -0.337 e. The van der Waals surface area contributed by atoms with Crippen LogP contribution in [0, 0.1) is 5.82 Å². The van der Waals surface area contributed by atoms with E-state index in [2.05, 4.69) is 15.5 Å². The van der Waals surface area contributed by atoms with Crippen LogP contribution in [0.3, 0.4) is 0 Å². The Morgan fingerprint density at radius 1 is 1.03 bits per heavy atom. The van der Waals surface area contributed by atoms with Gasteiger partial charge < -0.3 is 14.7 Å². The van der Waals surface area contributed by atoms with E-state index in [4.69, 9.17) is 4.52 Å². The topological polar surface area (TPSA) is 71.3 Å². The van der Waals surface area contributed by atoms with Crippen LogP contribution in [0.1, 0.15) is 31.2 Å². The Hall–Kier alpha value is -3.74. The summed E-state index contributed by atoms with van der Waals surface area (Å²) in [7, 11) is 0. The van der Waals surface area contributed by atoms with E-state index in [9.17, 15) is 9.18 Å². The summed E-state index contributed by atoms with van der Waals surface area (Å²) in [6.45, 7) is 0.607. The van der Waals surface area contributed by atoms with Crippen molar-refractivity contribution in [2.24, 2.45) is 0 Å². The smallest absolute Gasteiger partial charge is 0.322 e. The number of rotatable bonds is 3. The van der Waals surface area contributed by atoms with Gasteiger partial charge in [0, 0.05) is 17.5 Å². The predicted molar refractivity (Wildman–Crippen MR) is 116 cm³/mol. The third-order valence-electron chi connectivity index (χ3n) is 5.62. The normalized spacial score (nSPS) is 16.4. The number of anilines is 1. The minimum absolute atomic E-state index is 0.192. The van der Waals surface area contributed by atoms with Crippen LogP contribution in [-0.2, 0) is 0 Å². The summed E-state index contributed by atoms with van der Waals surface area (Å²) < 4.78 is 18.7. The number of aromatic nitrogens is 2. The fraction of sp³-hybridized carbons (Fsp3) is 0.208. The van der Waals surface area contributed by atoms with Gasteiger partial charge in [0.2, 0.25) is 11.7 Å². The third kappa shape index (κ3) is 3.86. The highest BCUT2D eigenvalue weighted by molar-refractivity contribution is 6.01. The molecule has 1 atom stereocenters. The van der Waals surface area contributed by atoms with Gasteiger partial charge in [-0.15, -0.1) is 0 Å². The molecule has 0 aliphatic carbocycles. The maximum atomic E-state index is 13.2. The number of fused-ring (bicyclic) bond motifs is 1. The molecule has 6 nitrogen and oxygen atoms in total. The van der Waals surface area contributed by atoms with Crippen molar-refractivity contribution in [2.45, 2.75) is 25.3 Å². The summed E-state index contributed by atoms with van der Waals surface area (Å²) in [5.74, 6) is 0.457. The quantitative estimate of drug-likeness (QED) is 0.459. The first-order valence-electron chi connectivity index (χ1n) is 10.3. The Balaban J connectivity index is 1.39. The maximum Gasteiger partial charge on any atom is 0.322 e. The summed E-state index contributed by atoms with van der Waals surface area (Å²) in [5.41, 5.74) is 1.43. The SMILES string of the molecule is O=C(Nc1cccc2ccccc12)N1CCCCC1c1nc(-c2ccc(F)cc2)no1. The van der Waals surface area contributed by atoms with Crippen molar-refractivity contribution in [1.82, 2.24) is 15.0 Å². The molecule has 4 aromatic rings. The molecule has 3 aromatic carbocycles. The lowest BCUT2D eigenvalue weighted by atomic mass is 10.0. The van der Waals surface area contributed by atoms with E-state index in [0.717, 1.165) is 35.7 Å². The molecule has 1 aromatic heterocycles. The number of piperidine rings is 1. The second-order valence-corrected chi connectivity index (χ2v) is 7.62. The zero-order valence-corrected chi connectivity index (χ0v) is 16.8. The second-order valence-electron chi connectivity index (χ2n) is 7.62. The number of benzene rings is 3. The lowest BCUT2D eigenvalue weighted by molar-refractivity contribution is 0.142. The summed E-state index contributed by atoms with van der Waals surface area (Å²) in [5, 5.41) is 9.15. The molecule has 0 saturated carbocycles. The molecule has 1 N–H and O–H groups in total. The maximum absolute atomic E-state index is 13.2. The molecule has 5 rings (SSSR count). The highest BCUT2D eigenvalue weighted by Crippen LogP contribution is 2.32. The molecule has 0 spiro atoms. The fourth-order valence-corrected chi connectivity index (χ4v) is 4.04. The Labute approximate surface area is 178 Å². The molecular weight excluding hydrogens is 395 g/mol. The van der Waals surface area contributed by atoms with E-state index in [-0.39, 0.29) is 17.9 Å². The molecule has 156 valence electrons. The largest absolute Gasteiger partial charge is 0.337 e. The highest BCUT2D eigenvalue weighted by Gasteiger charge is 2.32. The molecular formula is C24H21FN4O2. The van der Waals surface area contributed by atoms with Gasteiger partial charge in [-0.25, -0.2) is 9.18 Å². The van der Waals surface area contributed by atoms with Crippen molar-refractivity contribution in [3.05, 3.63) is 78.4 Å². The number of hydrogen-bond acceptors (Lipinski definition) is 4.